The van der Waals surface area contributed by atoms with Crippen LogP contribution in [0.25, 0.3) is 11.1 Å². The van der Waals surface area contributed by atoms with Crippen molar-refractivity contribution in [3.05, 3.63) is 71.7 Å². The molecule has 0 fully saturated rings. The van der Waals surface area contributed by atoms with E-state index in [4.69, 9.17) is 0 Å². The Morgan fingerprint density at radius 3 is 2.44 bits per heavy atom. The van der Waals surface area contributed by atoms with Crippen molar-refractivity contribution in [2.24, 2.45) is 0 Å². The van der Waals surface area contributed by atoms with Gasteiger partial charge in [0.25, 0.3) is 18.3 Å². The van der Waals surface area contributed by atoms with Gasteiger partial charge in [0.15, 0.2) is 5.69 Å². The number of carbonyl (C=O) groups is 2. The molecule has 0 aliphatic heterocycles. The van der Waals surface area contributed by atoms with Crippen molar-refractivity contribution in [1.29, 1.82) is 0 Å². The topological polar surface area (TPSA) is 81.2 Å². The van der Waals surface area contributed by atoms with Crippen LogP contribution in [0.3, 0.4) is 0 Å². The summed E-state index contributed by atoms with van der Waals surface area (Å²) in [6.07, 6.45) is 2.38. The number of hydrogen-bond acceptors (Lipinski definition) is 5. The summed E-state index contributed by atoms with van der Waals surface area (Å²) >= 11 is 0. The minimum absolute atomic E-state index is 0.0681. The lowest BCUT2D eigenvalue weighted by atomic mass is 10.0. The van der Waals surface area contributed by atoms with Crippen molar-refractivity contribution < 1.29 is 23.1 Å². The van der Waals surface area contributed by atoms with Gasteiger partial charge >= 0.3 is 0 Å². The lowest BCUT2D eigenvalue weighted by molar-refractivity contribution is -0.121. The van der Waals surface area contributed by atoms with Crippen LogP contribution in [0.5, 0.6) is 5.88 Å². The molecule has 3 aromatic rings. The first-order valence-electron chi connectivity index (χ1n) is 7.78. The molecule has 1 N–H and O–H groups in total. The first kappa shape index (κ1) is 18.1. The number of ether oxygens (including phenoxy) is 1. The maximum atomic E-state index is 14.4. The summed E-state index contributed by atoms with van der Waals surface area (Å²) in [5.41, 5.74) is 0.888. The lowest BCUT2D eigenvalue weighted by Crippen LogP contribution is -2.17. The Bertz CT molecular complexity index is 1000. The van der Waals surface area contributed by atoms with Crippen LogP contribution < -0.4 is 10.1 Å². The van der Waals surface area contributed by atoms with Gasteiger partial charge in [-0.2, -0.15) is 0 Å². The Labute approximate surface area is 152 Å². The van der Waals surface area contributed by atoms with Gasteiger partial charge in [-0.05, 0) is 30.2 Å². The predicted molar refractivity (Wildman–Crippen MR) is 93.2 cm³/mol. The first-order chi connectivity index (χ1) is 13.0. The van der Waals surface area contributed by atoms with Crippen LogP contribution in [0, 0.1) is 18.6 Å². The fraction of sp³-hybridized carbons (Fsp3) is 0.0526. The summed E-state index contributed by atoms with van der Waals surface area (Å²) in [5.74, 6) is -3.26. The van der Waals surface area contributed by atoms with Gasteiger partial charge in [-0.15, -0.1) is 0 Å². The molecule has 1 aromatic heterocycles. The van der Waals surface area contributed by atoms with E-state index >= 15 is 0 Å². The molecular weight excluding hydrogens is 356 g/mol. The van der Waals surface area contributed by atoms with Crippen LogP contribution in [-0.4, -0.2) is 22.3 Å². The van der Waals surface area contributed by atoms with Gasteiger partial charge in [0, 0.05) is 12.4 Å². The fourth-order valence-corrected chi connectivity index (χ4v) is 2.47. The van der Waals surface area contributed by atoms with E-state index in [-0.39, 0.29) is 18.0 Å². The molecule has 0 radical (unpaired) electrons. The van der Waals surface area contributed by atoms with E-state index < -0.39 is 23.2 Å². The van der Waals surface area contributed by atoms with Crippen LogP contribution in [0.15, 0.2) is 48.8 Å². The lowest BCUT2D eigenvalue weighted by Gasteiger charge is -2.11. The highest BCUT2D eigenvalue weighted by Gasteiger charge is 2.20. The molecule has 1 heterocycles. The average molecular weight is 369 g/mol. The molecule has 6 nitrogen and oxygen atoms in total. The van der Waals surface area contributed by atoms with Crippen LogP contribution >= 0.6 is 0 Å². The van der Waals surface area contributed by atoms with Gasteiger partial charge in [-0.25, -0.2) is 18.7 Å². The third-order valence-electron chi connectivity index (χ3n) is 3.67. The zero-order valence-corrected chi connectivity index (χ0v) is 14.1. The monoisotopic (exact) mass is 369 g/mol. The number of carbonyl (C=O) groups excluding carboxylic acids is 2. The number of amides is 1. The summed E-state index contributed by atoms with van der Waals surface area (Å²) in [6.45, 7) is 1.93. The van der Waals surface area contributed by atoms with Crippen molar-refractivity contribution in [3.8, 4) is 17.0 Å². The molecule has 136 valence electrons. The number of halogens is 2. The van der Waals surface area contributed by atoms with Gasteiger partial charge in [0.2, 0.25) is 0 Å². The van der Waals surface area contributed by atoms with E-state index in [0.717, 1.165) is 17.7 Å². The summed E-state index contributed by atoms with van der Waals surface area (Å²) < 4.78 is 33.4. The highest BCUT2D eigenvalue weighted by molar-refractivity contribution is 6.04. The van der Waals surface area contributed by atoms with Crippen molar-refractivity contribution in [2.45, 2.75) is 6.92 Å². The quantitative estimate of drug-likeness (QED) is 0.696. The molecule has 8 heteroatoms. The molecule has 3 rings (SSSR count). The van der Waals surface area contributed by atoms with Gasteiger partial charge in [0.05, 0.1) is 0 Å². The minimum atomic E-state index is -0.971. The largest absolute Gasteiger partial charge is 0.407 e. The number of anilines is 1. The first-order valence-corrected chi connectivity index (χ1v) is 7.78. The van der Waals surface area contributed by atoms with Crippen molar-refractivity contribution in [2.75, 3.05) is 5.32 Å². The fourth-order valence-electron chi connectivity index (χ4n) is 2.47. The van der Waals surface area contributed by atoms with Crippen molar-refractivity contribution in [1.82, 2.24) is 9.97 Å². The zero-order chi connectivity index (χ0) is 19.4. The normalized spacial score (nSPS) is 10.3. The second-order valence-electron chi connectivity index (χ2n) is 5.56. The number of aryl methyl sites for hydroxylation is 1. The molecular formula is C19H13F2N3O3. The maximum absolute atomic E-state index is 14.4. The van der Waals surface area contributed by atoms with Crippen LogP contribution in [-0.2, 0) is 4.79 Å². The maximum Gasteiger partial charge on any atom is 0.299 e. The van der Waals surface area contributed by atoms with Crippen LogP contribution in [0.1, 0.15) is 16.1 Å². The summed E-state index contributed by atoms with van der Waals surface area (Å²) in [4.78, 5) is 30.1. The van der Waals surface area contributed by atoms with Crippen LogP contribution in [0.4, 0.5) is 14.5 Å². The Hall–Kier alpha value is -3.68. The number of nitrogens with one attached hydrogen (secondary N) is 1. The summed E-state index contributed by atoms with van der Waals surface area (Å²) in [6, 6.07) is 9.39. The van der Waals surface area contributed by atoms with Gasteiger partial charge < -0.3 is 10.1 Å². The van der Waals surface area contributed by atoms with Crippen LogP contribution in [0.2, 0.25) is 0 Å². The molecule has 2 aromatic carbocycles. The van der Waals surface area contributed by atoms with E-state index in [1.54, 1.807) is 18.2 Å². The Morgan fingerprint density at radius 2 is 1.78 bits per heavy atom. The van der Waals surface area contributed by atoms with Crippen molar-refractivity contribution >= 4 is 18.1 Å². The van der Waals surface area contributed by atoms with E-state index in [1.807, 2.05) is 13.0 Å². The number of nitrogens with zero attached hydrogens (tertiary/aromatic N) is 2. The van der Waals surface area contributed by atoms with E-state index in [0.29, 0.717) is 11.1 Å². The molecule has 0 saturated heterocycles. The van der Waals surface area contributed by atoms with Gasteiger partial charge in [0.1, 0.15) is 17.3 Å². The summed E-state index contributed by atoms with van der Waals surface area (Å²) in [7, 11) is 0. The standard InChI is InChI=1S/C19H13F2N3O3/c1-11-3-2-4-12(7-11)13-8-14(20)16(15(21)9-13)24-18(26)17-19(27-10-25)23-6-5-22-17/h2-10H,1H3,(H,24,26). The number of rotatable bonds is 5. The average Bonchev–Trinajstić information content (AvgIpc) is 2.65. The molecule has 0 unspecified atom stereocenters. The van der Waals surface area contributed by atoms with E-state index in [2.05, 4.69) is 20.0 Å². The Balaban J connectivity index is 1.92. The highest BCUT2D eigenvalue weighted by Crippen LogP contribution is 2.28. The third kappa shape index (κ3) is 3.95. The van der Waals surface area contributed by atoms with E-state index in [9.17, 15) is 18.4 Å². The molecule has 0 bridgehead atoms. The molecule has 0 atom stereocenters. The molecule has 0 aliphatic rings. The molecule has 27 heavy (non-hydrogen) atoms. The predicted octanol–water partition coefficient (Wildman–Crippen LogP) is 3.52. The molecule has 0 spiro atoms. The molecule has 0 saturated carbocycles. The SMILES string of the molecule is Cc1cccc(-c2cc(F)c(NC(=O)c3nccnc3OC=O)c(F)c2)c1. The number of benzene rings is 2. The summed E-state index contributed by atoms with van der Waals surface area (Å²) in [5, 5.41) is 2.10. The number of aromatic nitrogens is 2. The Kier molecular flexibility index (Phi) is 5.16. The van der Waals surface area contributed by atoms with Gasteiger partial charge in [-0.1, -0.05) is 29.8 Å². The Morgan fingerprint density at radius 1 is 1.07 bits per heavy atom. The van der Waals surface area contributed by atoms with Gasteiger partial charge in [-0.3, -0.25) is 9.59 Å². The smallest absolute Gasteiger partial charge is 0.299 e. The zero-order valence-electron chi connectivity index (χ0n) is 14.1. The molecule has 1 amide bonds. The number of hydrogen-bond donors (Lipinski definition) is 1. The minimum Gasteiger partial charge on any atom is -0.407 e. The molecule has 0 aliphatic carbocycles. The van der Waals surface area contributed by atoms with Crippen molar-refractivity contribution in [3.63, 3.8) is 0 Å². The third-order valence-corrected chi connectivity index (χ3v) is 3.67. The second-order valence-corrected chi connectivity index (χ2v) is 5.56. The van der Waals surface area contributed by atoms with E-state index in [1.165, 1.54) is 12.4 Å². The second kappa shape index (κ2) is 7.69. The highest BCUT2D eigenvalue weighted by atomic mass is 19.1.